The van der Waals surface area contributed by atoms with E-state index < -0.39 is 10.0 Å². The van der Waals surface area contributed by atoms with Gasteiger partial charge in [-0.3, -0.25) is 0 Å². The lowest BCUT2D eigenvalue weighted by atomic mass is 10.3. The molecule has 2 N–H and O–H groups in total. The highest BCUT2D eigenvalue weighted by atomic mass is 32.2. The lowest BCUT2D eigenvalue weighted by Gasteiger charge is -2.18. The maximum Gasteiger partial charge on any atom is 0.243 e. The van der Waals surface area contributed by atoms with Crippen LogP contribution in [0, 0.1) is 11.3 Å². The van der Waals surface area contributed by atoms with Crippen LogP contribution in [0.1, 0.15) is 19.7 Å². The van der Waals surface area contributed by atoms with Crippen molar-refractivity contribution < 1.29 is 8.42 Å². The molecule has 0 spiro atoms. The number of aromatic nitrogens is 4. The van der Waals surface area contributed by atoms with E-state index in [1.54, 1.807) is 26.0 Å². The van der Waals surface area contributed by atoms with Crippen molar-refractivity contribution in [2.75, 3.05) is 18.4 Å². The highest BCUT2D eigenvalue weighted by molar-refractivity contribution is 7.89. The number of tetrazole rings is 1. The molecule has 0 radical (unpaired) electrons. The van der Waals surface area contributed by atoms with Gasteiger partial charge in [0.05, 0.1) is 4.90 Å². The summed E-state index contributed by atoms with van der Waals surface area (Å²) in [6.07, 6.45) is 1.43. The maximum atomic E-state index is 12.4. The molecule has 1 aromatic heterocycles. The van der Waals surface area contributed by atoms with Gasteiger partial charge in [0.15, 0.2) is 0 Å². The standard InChI is InChI=1S/C14H17N7O2S/c1-3-21(4-2)24(22,23)13-7-5-12(6-8-13)16-10-11(9-15)14-17-19-20-18-14/h5-8,10,16H,3-4H2,1-2H3,(H,17,18,19,20). The third-order valence-electron chi connectivity index (χ3n) is 3.29. The van der Waals surface area contributed by atoms with E-state index in [-0.39, 0.29) is 16.3 Å². The molecule has 9 nitrogen and oxygen atoms in total. The number of aromatic amines is 1. The first kappa shape index (κ1) is 17.6. The first-order valence-electron chi connectivity index (χ1n) is 7.23. The Morgan fingerprint density at radius 1 is 1.33 bits per heavy atom. The van der Waals surface area contributed by atoms with Crippen molar-refractivity contribution in [2.45, 2.75) is 18.7 Å². The summed E-state index contributed by atoms with van der Waals surface area (Å²) in [5, 5.41) is 25.1. The summed E-state index contributed by atoms with van der Waals surface area (Å²) in [6, 6.07) is 8.23. The van der Waals surface area contributed by atoms with Crippen molar-refractivity contribution in [3.8, 4) is 6.07 Å². The van der Waals surface area contributed by atoms with Crippen molar-refractivity contribution in [1.29, 1.82) is 5.26 Å². The number of allylic oxidation sites excluding steroid dienone is 1. The van der Waals surface area contributed by atoms with Gasteiger partial charge in [0.25, 0.3) is 0 Å². The number of rotatable bonds is 7. The van der Waals surface area contributed by atoms with Crippen molar-refractivity contribution in [2.24, 2.45) is 0 Å². The molecule has 0 saturated heterocycles. The average Bonchev–Trinajstić information content (AvgIpc) is 3.11. The highest BCUT2D eigenvalue weighted by Crippen LogP contribution is 2.18. The molecule has 0 bridgehead atoms. The van der Waals surface area contributed by atoms with Gasteiger partial charge in [-0.2, -0.15) is 14.8 Å². The molecule has 2 rings (SSSR count). The van der Waals surface area contributed by atoms with Gasteiger partial charge in [-0.05, 0) is 29.5 Å². The Balaban J connectivity index is 2.17. The van der Waals surface area contributed by atoms with Crippen molar-refractivity contribution in [1.82, 2.24) is 24.9 Å². The Hall–Kier alpha value is -2.77. The Labute approximate surface area is 140 Å². The number of H-pyrrole nitrogens is 1. The molecule has 0 aliphatic heterocycles. The summed E-state index contributed by atoms with van der Waals surface area (Å²) in [6.45, 7) is 4.42. The second-order valence-corrected chi connectivity index (χ2v) is 6.60. The zero-order chi connectivity index (χ0) is 17.6. The van der Waals surface area contributed by atoms with Crippen LogP contribution in [0.15, 0.2) is 35.4 Å². The molecule has 0 saturated carbocycles. The predicted molar refractivity (Wildman–Crippen MR) is 87.9 cm³/mol. The molecule has 1 heterocycles. The molecule has 1 aromatic carbocycles. The molecule has 0 unspecified atom stereocenters. The molecule has 0 aliphatic rings. The minimum absolute atomic E-state index is 0.172. The highest BCUT2D eigenvalue weighted by Gasteiger charge is 2.21. The number of benzene rings is 1. The summed E-state index contributed by atoms with van der Waals surface area (Å²) < 4.78 is 26.2. The van der Waals surface area contributed by atoms with Crippen LogP contribution in [-0.2, 0) is 10.0 Å². The predicted octanol–water partition coefficient (Wildman–Crippen LogP) is 1.21. The van der Waals surface area contributed by atoms with E-state index in [1.165, 1.54) is 22.6 Å². The fourth-order valence-corrected chi connectivity index (χ4v) is 3.47. The summed E-state index contributed by atoms with van der Waals surface area (Å²) >= 11 is 0. The third-order valence-corrected chi connectivity index (χ3v) is 5.35. The SMILES string of the molecule is CCN(CC)S(=O)(=O)c1ccc(NC=C(C#N)c2nn[nH]n2)cc1. The quantitative estimate of drug-likeness (QED) is 0.720. The summed E-state index contributed by atoms with van der Waals surface area (Å²) in [5.74, 6) is 0.172. The fourth-order valence-electron chi connectivity index (χ4n) is 2.01. The minimum atomic E-state index is -3.48. The zero-order valence-electron chi connectivity index (χ0n) is 13.3. The average molecular weight is 347 g/mol. The fraction of sp³-hybridized carbons (Fsp3) is 0.286. The smallest absolute Gasteiger partial charge is 0.243 e. The lowest BCUT2D eigenvalue weighted by Crippen LogP contribution is -2.30. The number of nitriles is 1. The maximum absolute atomic E-state index is 12.4. The molecule has 2 aromatic rings. The van der Waals surface area contributed by atoms with Crippen LogP contribution >= 0.6 is 0 Å². The second-order valence-electron chi connectivity index (χ2n) is 4.66. The topological polar surface area (TPSA) is 128 Å². The largest absolute Gasteiger partial charge is 0.360 e. The van der Waals surface area contributed by atoms with Gasteiger partial charge in [-0.1, -0.05) is 13.8 Å². The van der Waals surface area contributed by atoms with Crippen LogP contribution in [-0.4, -0.2) is 46.4 Å². The molecule has 0 amide bonds. The van der Waals surface area contributed by atoms with Gasteiger partial charge < -0.3 is 5.32 Å². The van der Waals surface area contributed by atoms with Gasteiger partial charge in [0, 0.05) is 25.0 Å². The molecule has 24 heavy (non-hydrogen) atoms. The zero-order valence-corrected chi connectivity index (χ0v) is 14.1. The van der Waals surface area contributed by atoms with E-state index in [9.17, 15) is 8.42 Å². The first-order valence-corrected chi connectivity index (χ1v) is 8.67. The van der Waals surface area contributed by atoms with Crippen molar-refractivity contribution in [3.63, 3.8) is 0 Å². The van der Waals surface area contributed by atoms with Crippen LogP contribution in [0.2, 0.25) is 0 Å². The number of hydrogen-bond donors (Lipinski definition) is 2. The number of sulfonamides is 1. The van der Waals surface area contributed by atoms with E-state index in [0.717, 1.165) is 0 Å². The molecular formula is C14H17N7O2S. The Morgan fingerprint density at radius 3 is 2.50 bits per heavy atom. The van der Waals surface area contributed by atoms with E-state index >= 15 is 0 Å². The normalized spacial score (nSPS) is 12.2. The van der Waals surface area contributed by atoms with Gasteiger partial charge in [-0.15, -0.1) is 10.2 Å². The van der Waals surface area contributed by atoms with Crippen LogP contribution < -0.4 is 5.32 Å². The molecule has 0 aliphatic carbocycles. The Morgan fingerprint density at radius 2 is 2.00 bits per heavy atom. The van der Waals surface area contributed by atoms with E-state index in [0.29, 0.717) is 18.8 Å². The molecule has 0 atom stereocenters. The Bertz CT molecular complexity index is 832. The van der Waals surface area contributed by atoms with Crippen LogP contribution in [0.4, 0.5) is 5.69 Å². The number of hydrogen-bond acceptors (Lipinski definition) is 7. The number of anilines is 1. The molecule has 0 fully saturated rings. The van der Waals surface area contributed by atoms with Crippen molar-refractivity contribution in [3.05, 3.63) is 36.3 Å². The number of nitrogens with zero attached hydrogens (tertiary/aromatic N) is 5. The van der Waals surface area contributed by atoms with E-state index in [4.69, 9.17) is 5.26 Å². The van der Waals surface area contributed by atoms with Crippen LogP contribution in [0.25, 0.3) is 5.57 Å². The molecule has 10 heteroatoms. The van der Waals surface area contributed by atoms with Crippen LogP contribution in [0.3, 0.4) is 0 Å². The monoisotopic (exact) mass is 347 g/mol. The van der Waals surface area contributed by atoms with Gasteiger partial charge in [0.2, 0.25) is 15.8 Å². The molecule has 126 valence electrons. The van der Waals surface area contributed by atoms with Crippen LogP contribution in [0.5, 0.6) is 0 Å². The first-order chi connectivity index (χ1) is 11.5. The van der Waals surface area contributed by atoms with E-state index in [1.807, 2.05) is 6.07 Å². The second kappa shape index (κ2) is 7.67. The van der Waals surface area contributed by atoms with E-state index in [2.05, 4.69) is 25.9 Å². The molecular weight excluding hydrogens is 330 g/mol. The summed E-state index contributed by atoms with van der Waals surface area (Å²) in [4.78, 5) is 0.222. The summed E-state index contributed by atoms with van der Waals surface area (Å²) in [7, 11) is -3.48. The minimum Gasteiger partial charge on any atom is -0.360 e. The van der Waals surface area contributed by atoms with Gasteiger partial charge in [-0.25, -0.2) is 8.42 Å². The van der Waals surface area contributed by atoms with Gasteiger partial charge >= 0.3 is 0 Å². The van der Waals surface area contributed by atoms with Gasteiger partial charge in [0.1, 0.15) is 11.6 Å². The summed E-state index contributed by atoms with van der Waals surface area (Å²) in [5.41, 5.74) is 0.827. The Kier molecular flexibility index (Phi) is 5.62. The number of nitrogens with one attached hydrogen (secondary N) is 2. The lowest BCUT2D eigenvalue weighted by molar-refractivity contribution is 0.445. The third kappa shape index (κ3) is 3.76. The van der Waals surface area contributed by atoms with Crippen molar-refractivity contribution >= 4 is 21.3 Å².